The highest BCUT2D eigenvalue weighted by atomic mass is 32.2. The molecule has 2 bridgehead atoms. The molecule has 86 valence electrons. The van der Waals surface area contributed by atoms with Crippen molar-refractivity contribution in [3.8, 4) is 0 Å². The number of likely N-dealkylation sites (tertiary alicyclic amines) is 1. The lowest BCUT2D eigenvalue weighted by Crippen LogP contribution is -2.38. The van der Waals surface area contributed by atoms with E-state index in [9.17, 15) is 13.2 Å². The lowest BCUT2D eigenvalue weighted by molar-refractivity contribution is -0.132. The molecule has 1 amide bonds. The molecule has 1 heterocycles. The van der Waals surface area contributed by atoms with Crippen LogP contribution in [0.5, 0.6) is 0 Å². The molecule has 0 unspecified atom stereocenters. The van der Waals surface area contributed by atoms with Crippen molar-refractivity contribution in [2.75, 3.05) is 18.6 Å². The highest BCUT2D eigenvalue weighted by Crippen LogP contribution is 2.37. The van der Waals surface area contributed by atoms with Crippen LogP contribution in [0.25, 0.3) is 0 Å². The largest absolute Gasteiger partial charge is 0.339 e. The Labute approximate surface area is 90.6 Å². The van der Waals surface area contributed by atoms with E-state index in [0.29, 0.717) is 12.0 Å². The van der Waals surface area contributed by atoms with Crippen LogP contribution < -0.4 is 0 Å². The van der Waals surface area contributed by atoms with E-state index in [0.717, 1.165) is 19.4 Å². The molecule has 0 aromatic rings. The van der Waals surface area contributed by atoms with E-state index in [1.165, 1.54) is 12.7 Å². The summed E-state index contributed by atoms with van der Waals surface area (Å²) < 4.78 is 21.9. The Bertz CT molecular complexity index is 363. The molecule has 1 saturated carbocycles. The minimum Gasteiger partial charge on any atom is -0.339 e. The van der Waals surface area contributed by atoms with E-state index < -0.39 is 9.84 Å². The number of nitrogens with zero attached hydrogens (tertiary/aromatic N) is 1. The summed E-state index contributed by atoms with van der Waals surface area (Å²) in [5, 5.41) is 0. The first-order valence-corrected chi connectivity index (χ1v) is 7.49. The molecule has 4 nitrogen and oxygen atoms in total. The molecule has 1 aliphatic carbocycles. The van der Waals surface area contributed by atoms with Crippen molar-refractivity contribution in [1.82, 2.24) is 4.90 Å². The molecule has 1 aliphatic heterocycles. The zero-order valence-corrected chi connectivity index (χ0v) is 9.79. The molecule has 2 aliphatic rings. The van der Waals surface area contributed by atoms with Crippen molar-refractivity contribution in [2.24, 2.45) is 5.92 Å². The highest BCUT2D eigenvalue weighted by molar-refractivity contribution is 7.90. The summed E-state index contributed by atoms with van der Waals surface area (Å²) in [6.07, 6.45) is 4.80. The van der Waals surface area contributed by atoms with Crippen LogP contribution in [-0.2, 0) is 14.6 Å². The zero-order chi connectivity index (χ0) is 11.1. The molecular formula is C10H17NO3S. The molecule has 2 fully saturated rings. The first kappa shape index (κ1) is 10.9. The second-order valence-corrected chi connectivity index (χ2v) is 7.02. The minimum absolute atomic E-state index is 0.0142. The maximum absolute atomic E-state index is 11.7. The van der Waals surface area contributed by atoms with Gasteiger partial charge in [0.2, 0.25) is 5.91 Å². The second kappa shape index (κ2) is 3.77. The third-order valence-corrected chi connectivity index (χ3v) is 4.36. The van der Waals surface area contributed by atoms with Gasteiger partial charge in [-0.2, -0.15) is 0 Å². The van der Waals surface area contributed by atoms with Crippen molar-refractivity contribution in [2.45, 2.75) is 31.7 Å². The average Bonchev–Trinajstić information content (AvgIpc) is 2.73. The predicted molar refractivity (Wildman–Crippen MR) is 57.2 cm³/mol. The van der Waals surface area contributed by atoms with Gasteiger partial charge in [0.1, 0.15) is 9.84 Å². The molecule has 2 rings (SSSR count). The summed E-state index contributed by atoms with van der Waals surface area (Å²) >= 11 is 0. The Balaban J connectivity index is 1.87. The SMILES string of the molecule is CS(=O)(=O)CCC(=O)N1C[C@H]2CC[C@H]1C2. The molecular weight excluding hydrogens is 214 g/mol. The Morgan fingerprint density at radius 2 is 2.13 bits per heavy atom. The predicted octanol–water partition coefficient (Wildman–Crippen LogP) is 0.432. The monoisotopic (exact) mass is 231 g/mol. The third kappa shape index (κ3) is 2.51. The lowest BCUT2D eigenvalue weighted by Gasteiger charge is -2.26. The fourth-order valence-corrected chi connectivity index (χ4v) is 3.19. The van der Waals surface area contributed by atoms with Crippen LogP contribution in [0.3, 0.4) is 0 Å². The fourth-order valence-electron chi connectivity index (χ4n) is 2.65. The van der Waals surface area contributed by atoms with Crippen LogP contribution in [0.1, 0.15) is 25.7 Å². The molecule has 0 radical (unpaired) electrons. The number of hydrogen-bond acceptors (Lipinski definition) is 3. The maximum atomic E-state index is 11.7. The zero-order valence-electron chi connectivity index (χ0n) is 8.98. The highest BCUT2D eigenvalue weighted by Gasteiger charge is 2.39. The molecule has 2 atom stereocenters. The van der Waals surface area contributed by atoms with Gasteiger partial charge in [-0.25, -0.2) is 8.42 Å². The van der Waals surface area contributed by atoms with Gasteiger partial charge >= 0.3 is 0 Å². The summed E-state index contributed by atoms with van der Waals surface area (Å²) in [5.74, 6) is 0.685. The van der Waals surface area contributed by atoms with Crippen LogP contribution >= 0.6 is 0 Å². The number of carbonyl (C=O) groups excluding carboxylic acids is 1. The van der Waals surface area contributed by atoms with Gasteiger partial charge in [0.25, 0.3) is 0 Å². The van der Waals surface area contributed by atoms with Gasteiger partial charge in [0, 0.05) is 25.3 Å². The first-order valence-electron chi connectivity index (χ1n) is 5.43. The van der Waals surface area contributed by atoms with E-state index in [2.05, 4.69) is 0 Å². The number of hydrogen-bond donors (Lipinski definition) is 0. The Hall–Kier alpha value is -0.580. The second-order valence-electron chi connectivity index (χ2n) is 4.76. The summed E-state index contributed by atoms with van der Waals surface area (Å²) in [6.45, 7) is 0.854. The van der Waals surface area contributed by atoms with Gasteiger partial charge in [0.05, 0.1) is 5.75 Å². The topological polar surface area (TPSA) is 54.5 Å². The average molecular weight is 231 g/mol. The maximum Gasteiger partial charge on any atom is 0.223 e. The normalized spacial score (nSPS) is 29.8. The van der Waals surface area contributed by atoms with E-state index in [-0.39, 0.29) is 18.1 Å². The molecule has 1 saturated heterocycles. The van der Waals surface area contributed by atoms with Crippen molar-refractivity contribution < 1.29 is 13.2 Å². The molecule has 0 spiro atoms. The number of sulfone groups is 1. The number of piperidine rings is 1. The standard InChI is InChI=1S/C10H17NO3S/c1-15(13,14)5-4-10(12)11-7-8-2-3-9(11)6-8/h8-9H,2-7H2,1H3/t8-,9-/m0/s1. The van der Waals surface area contributed by atoms with Gasteiger partial charge in [-0.05, 0) is 25.2 Å². The summed E-state index contributed by atoms with van der Waals surface area (Å²) in [5.41, 5.74) is 0. The Morgan fingerprint density at radius 1 is 1.40 bits per heavy atom. The number of carbonyl (C=O) groups is 1. The van der Waals surface area contributed by atoms with Gasteiger partial charge in [-0.1, -0.05) is 0 Å². The van der Waals surface area contributed by atoms with Crippen LogP contribution in [0.2, 0.25) is 0 Å². The number of amides is 1. The fraction of sp³-hybridized carbons (Fsp3) is 0.900. The molecule has 15 heavy (non-hydrogen) atoms. The van der Waals surface area contributed by atoms with E-state index >= 15 is 0 Å². The molecule has 0 aromatic carbocycles. The van der Waals surface area contributed by atoms with Crippen molar-refractivity contribution in [3.63, 3.8) is 0 Å². The van der Waals surface area contributed by atoms with Gasteiger partial charge in [-0.15, -0.1) is 0 Å². The number of fused-ring (bicyclic) bond motifs is 2. The summed E-state index contributed by atoms with van der Waals surface area (Å²) in [7, 11) is -3.01. The van der Waals surface area contributed by atoms with Gasteiger partial charge in [-0.3, -0.25) is 4.79 Å². The molecule has 0 N–H and O–H groups in total. The number of rotatable bonds is 3. The van der Waals surface area contributed by atoms with E-state index in [1.54, 1.807) is 0 Å². The molecule has 0 aromatic heterocycles. The summed E-state index contributed by atoms with van der Waals surface area (Å²) in [6, 6.07) is 0.405. The van der Waals surface area contributed by atoms with Crippen LogP contribution in [0, 0.1) is 5.92 Å². The van der Waals surface area contributed by atoms with Gasteiger partial charge in [0.15, 0.2) is 0 Å². The third-order valence-electron chi connectivity index (χ3n) is 3.42. The van der Waals surface area contributed by atoms with Crippen LogP contribution in [0.4, 0.5) is 0 Å². The molecule has 5 heteroatoms. The Kier molecular flexibility index (Phi) is 2.75. The first-order chi connectivity index (χ1) is 6.96. The quantitative estimate of drug-likeness (QED) is 0.708. The minimum atomic E-state index is -3.01. The van der Waals surface area contributed by atoms with Crippen LogP contribution in [-0.4, -0.2) is 43.8 Å². The van der Waals surface area contributed by atoms with Crippen molar-refractivity contribution in [1.29, 1.82) is 0 Å². The smallest absolute Gasteiger partial charge is 0.223 e. The van der Waals surface area contributed by atoms with Crippen molar-refractivity contribution in [3.05, 3.63) is 0 Å². The Morgan fingerprint density at radius 3 is 2.60 bits per heavy atom. The van der Waals surface area contributed by atoms with E-state index in [4.69, 9.17) is 0 Å². The van der Waals surface area contributed by atoms with Crippen molar-refractivity contribution >= 4 is 15.7 Å². The lowest BCUT2D eigenvalue weighted by atomic mass is 10.1. The van der Waals surface area contributed by atoms with Gasteiger partial charge < -0.3 is 4.90 Å². The summed E-state index contributed by atoms with van der Waals surface area (Å²) in [4.78, 5) is 13.6. The van der Waals surface area contributed by atoms with E-state index in [1.807, 2.05) is 4.90 Å². The van der Waals surface area contributed by atoms with Crippen LogP contribution in [0.15, 0.2) is 0 Å².